The number of ether oxygens (including phenoxy) is 2. The molecular formula is C57H36N4O2. The van der Waals surface area contributed by atoms with Crippen LogP contribution in [0, 0.1) is 0 Å². The minimum Gasteiger partial charge on any atom is -0.449 e. The molecule has 2 aromatic heterocycles. The molecule has 0 N–H and O–H groups in total. The molecule has 0 radical (unpaired) electrons. The minimum atomic E-state index is -0.560. The summed E-state index contributed by atoms with van der Waals surface area (Å²) in [5.74, 6) is 4.29. The normalized spacial score (nSPS) is 12.8. The first-order valence-electron chi connectivity index (χ1n) is 21.0. The Morgan fingerprint density at radius 1 is 0.349 bits per heavy atom. The molecule has 0 saturated carbocycles. The zero-order valence-electron chi connectivity index (χ0n) is 33.9. The summed E-state index contributed by atoms with van der Waals surface area (Å²) in [6, 6.07) is 72.9. The van der Waals surface area contributed by atoms with Crippen molar-refractivity contribution in [3.63, 3.8) is 0 Å². The van der Waals surface area contributed by atoms with Crippen molar-refractivity contribution in [1.82, 2.24) is 19.9 Å². The van der Waals surface area contributed by atoms with Crippen molar-refractivity contribution in [2.24, 2.45) is 0 Å². The molecule has 6 heteroatoms. The fraction of sp³-hybridized carbons (Fsp3) is 0.0175. The molecule has 1 aliphatic heterocycles. The van der Waals surface area contributed by atoms with E-state index < -0.39 is 5.41 Å². The topological polar surface area (TPSA) is 70.0 Å². The number of fused-ring (bicyclic) bond motifs is 6. The molecule has 2 aliphatic rings. The molecule has 0 bridgehead atoms. The lowest BCUT2D eigenvalue weighted by atomic mass is 9.68. The summed E-state index contributed by atoms with van der Waals surface area (Å²) in [6.45, 7) is 0. The molecule has 1 aliphatic carbocycles. The number of benzene rings is 8. The number of rotatable bonds is 7. The molecule has 6 nitrogen and oxygen atoms in total. The van der Waals surface area contributed by atoms with Crippen molar-refractivity contribution in [3.05, 3.63) is 241 Å². The maximum absolute atomic E-state index is 7.08. The Labute approximate surface area is 364 Å². The number of nitrogens with zero attached hydrogens (tertiary/aromatic N) is 4. The van der Waals surface area contributed by atoms with Crippen LogP contribution in [0.25, 0.3) is 67.7 Å². The Morgan fingerprint density at radius 3 is 1.65 bits per heavy atom. The zero-order chi connectivity index (χ0) is 41.7. The fourth-order valence-electron chi connectivity index (χ4n) is 9.40. The SMILES string of the molecule is c1ccc(-c2nc(-c3cccc(-c4ccccn4)c3)nc(-c3ccccc3-c3cccc4c3Oc3ccc5c(c3O4)-c3ccccc3C5(c3ccccc3)c3ccccc3)n2)cc1. The minimum absolute atomic E-state index is 0.542. The van der Waals surface area contributed by atoms with Crippen LogP contribution in [-0.2, 0) is 5.41 Å². The Kier molecular flexibility index (Phi) is 8.61. The number of pyridine rings is 1. The molecule has 0 saturated heterocycles. The molecule has 12 rings (SSSR count). The highest BCUT2D eigenvalue weighted by Gasteiger charge is 2.48. The van der Waals surface area contributed by atoms with Crippen molar-refractivity contribution in [3.8, 4) is 90.7 Å². The summed E-state index contributed by atoms with van der Waals surface area (Å²) in [5.41, 5.74) is 12.5. The molecule has 0 unspecified atom stereocenters. The summed E-state index contributed by atoms with van der Waals surface area (Å²) in [6.07, 6.45) is 1.80. The van der Waals surface area contributed by atoms with Gasteiger partial charge in [-0.3, -0.25) is 4.98 Å². The smallest absolute Gasteiger partial charge is 0.178 e. The van der Waals surface area contributed by atoms with E-state index in [0.717, 1.165) is 55.8 Å². The van der Waals surface area contributed by atoms with Gasteiger partial charge >= 0.3 is 0 Å². The highest BCUT2D eigenvalue weighted by atomic mass is 16.6. The van der Waals surface area contributed by atoms with E-state index in [-0.39, 0.29) is 0 Å². The lowest BCUT2D eigenvalue weighted by Crippen LogP contribution is -2.28. The van der Waals surface area contributed by atoms with Crippen molar-refractivity contribution in [1.29, 1.82) is 0 Å². The molecule has 8 aromatic carbocycles. The molecule has 3 heterocycles. The van der Waals surface area contributed by atoms with E-state index in [2.05, 4.69) is 132 Å². The first-order valence-corrected chi connectivity index (χ1v) is 21.0. The second-order valence-electron chi connectivity index (χ2n) is 15.7. The van der Waals surface area contributed by atoms with Gasteiger partial charge < -0.3 is 9.47 Å². The van der Waals surface area contributed by atoms with Gasteiger partial charge in [0.15, 0.2) is 40.5 Å². The molecule has 296 valence electrons. The van der Waals surface area contributed by atoms with Gasteiger partial charge in [-0.15, -0.1) is 0 Å². The van der Waals surface area contributed by atoms with E-state index in [0.29, 0.717) is 40.5 Å². The Bertz CT molecular complexity index is 3300. The van der Waals surface area contributed by atoms with E-state index in [9.17, 15) is 0 Å². The monoisotopic (exact) mass is 808 g/mol. The van der Waals surface area contributed by atoms with Crippen LogP contribution in [0.1, 0.15) is 22.3 Å². The highest BCUT2D eigenvalue weighted by Crippen LogP contribution is 2.63. The van der Waals surface area contributed by atoms with E-state index in [1.165, 1.54) is 16.7 Å². The first-order chi connectivity index (χ1) is 31.2. The molecule has 10 aromatic rings. The Morgan fingerprint density at radius 2 is 0.905 bits per heavy atom. The van der Waals surface area contributed by atoms with Gasteiger partial charge in [0.25, 0.3) is 0 Å². The van der Waals surface area contributed by atoms with Crippen LogP contribution in [0.2, 0.25) is 0 Å². The number of hydrogen-bond acceptors (Lipinski definition) is 6. The van der Waals surface area contributed by atoms with Crippen molar-refractivity contribution < 1.29 is 9.47 Å². The van der Waals surface area contributed by atoms with Gasteiger partial charge in [-0.2, -0.15) is 0 Å². The fourth-order valence-corrected chi connectivity index (χ4v) is 9.40. The van der Waals surface area contributed by atoms with E-state index in [1.807, 2.05) is 84.9 Å². The van der Waals surface area contributed by atoms with Crippen LogP contribution in [-0.4, -0.2) is 19.9 Å². The molecule has 0 fully saturated rings. The number of para-hydroxylation sites is 1. The molecule has 0 atom stereocenters. The van der Waals surface area contributed by atoms with Crippen LogP contribution in [0.5, 0.6) is 23.0 Å². The van der Waals surface area contributed by atoms with Gasteiger partial charge in [0.2, 0.25) is 0 Å². The van der Waals surface area contributed by atoms with Crippen LogP contribution in [0.3, 0.4) is 0 Å². The third kappa shape index (κ3) is 5.95. The van der Waals surface area contributed by atoms with E-state index in [1.54, 1.807) is 6.20 Å². The van der Waals surface area contributed by atoms with Crippen LogP contribution >= 0.6 is 0 Å². The average molecular weight is 809 g/mol. The van der Waals surface area contributed by atoms with Crippen molar-refractivity contribution in [2.45, 2.75) is 5.41 Å². The lowest BCUT2D eigenvalue weighted by molar-refractivity contribution is 0.361. The molecular weight excluding hydrogens is 773 g/mol. The van der Waals surface area contributed by atoms with Gasteiger partial charge in [-0.05, 0) is 63.7 Å². The summed E-state index contributed by atoms with van der Waals surface area (Å²) >= 11 is 0. The predicted octanol–water partition coefficient (Wildman–Crippen LogP) is 13.9. The van der Waals surface area contributed by atoms with Crippen molar-refractivity contribution in [2.75, 3.05) is 0 Å². The van der Waals surface area contributed by atoms with Crippen molar-refractivity contribution >= 4 is 0 Å². The summed E-state index contributed by atoms with van der Waals surface area (Å²) < 4.78 is 14.1. The summed E-state index contributed by atoms with van der Waals surface area (Å²) in [4.78, 5) is 19.9. The van der Waals surface area contributed by atoms with Gasteiger partial charge in [-0.1, -0.05) is 182 Å². The third-order valence-corrected chi connectivity index (χ3v) is 12.1. The van der Waals surface area contributed by atoms with Crippen LogP contribution < -0.4 is 9.47 Å². The molecule has 63 heavy (non-hydrogen) atoms. The molecule has 0 spiro atoms. The zero-order valence-corrected chi connectivity index (χ0v) is 33.9. The molecule has 0 amide bonds. The van der Waals surface area contributed by atoms with Gasteiger partial charge in [0.05, 0.1) is 11.1 Å². The maximum atomic E-state index is 7.08. The maximum Gasteiger partial charge on any atom is 0.178 e. The van der Waals surface area contributed by atoms with Crippen LogP contribution in [0.15, 0.2) is 219 Å². The summed E-state index contributed by atoms with van der Waals surface area (Å²) in [5, 5.41) is 0. The van der Waals surface area contributed by atoms with Gasteiger partial charge in [0, 0.05) is 39.6 Å². The van der Waals surface area contributed by atoms with E-state index in [4.69, 9.17) is 24.4 Å². The Hall–Kier alpha value is -8.48. The number of aromatic nitrogens is 4. The Balaban J connectivity index is 0.995. The van der Waals surface area contributed by atoms with Crippen LogP contribution in [0.4, 0.5) is 0 Å². The largest absolute Gasteiger partial charge is 0.449 e. The standard InChI is InChI=1S/C57H36N4O2/c1-4-18-37(19-5-1)54-59-55(39-21-16-20-38(36-39)48-31-14-15-35-58-48)61-56(60-54)44-27-11-10-26-42(44)43-29-17-32-49-52(43)62-50-34-33-47-51(53(50)63-49)45-28-12-13-30-46(45)57(47,40-22-6-2-7-23-40)41-24-8-3-9-25-41/h1-36H. The number of hydrogen-bond donors (Lipinski definition) is 0. The third-order valence-electron chi connectivity index (χ3n) is 12.1. The second kappa shape index (κ2) is 14.9. The quantitative estimate of drug-likeness (QED) is 0.160. The summed E-state index contributed by atoms with van der Waals surface area (Å²) in [7, 11) is 0. The first kappa shape index (κ1) is 36.4. The van der Waals surface area contributed by atoms with Gasteiger partial charge in [0.1, 0.15) is 0 Å². The average Bonchev–Trinajstić information content (AvgIpc) is 3.68. The predicted molar refractivity (Wildman–Crippen MR) is 249 cm³/mol. The lowest BCUT2D eigenvalue weighted by Gasteiger charge is -2.34. The van der Waals surface area contributed by atoms with E-state index >= 15 is 0 Å². The second-order valence-corrected chi connectivity index (χ2v) is 15.7. The highest BCUT2D eigenvalue weighted by molar-refractivity contribution is 5.93. The van der Waals surface area contributed by atoms with Gasteiger partial charge in [-0.25, -0.2) is 15.0 Å².